The molecule has 0 radical (unpaired) electrons. The zero-order valence-corrected chi connectivity index (χ0v) is 10.7. The van der Waals surface area contributed by atoms with Gasteiger partial charge in [-0.1, -0.05) is 17.7 Å². The molecule has 0 aromatic heterocycles. The van der Waals surface area contributed by atoms with E-state index in [-0.39, 0.29) is 0 Å². The van der Waals surface area contributed by atoms with E-state index in [9.17, 15) is 0 Å². The lowest BCUT2D eigenvalue weighted by Crippen LogP contribution is -2.24. The lowest BCUT2D eigenvalue weighted by molar-refractivity contribution is 0.556. The molecule has 1 aromatic carbocycles. The van der Waals surface area contributed by atoms with Gasteiger partial charge in [0.15, 0.2) is 0 Å². The summed E-state index contributed by atoms with van der Waals surface area (Å²) in [6.45, 7) is 5.85. The van der Waals surface area contributed by atoms with Crippen molar-refractivity contribution < 1.29 is 0 Å². The van der Waals surface area contributed by atoms with Crippen LogP contribution in [0.4, 0.5) is 5.69 Å². The number of aryl methyl sites for hydroxylation is 2. The van der Waals surface area contributed by atoms with Crippen LogP contribution in [-0.2, 0) is 0 Å². The first-order chi connectivity index (χ1) is 7.56. The third-order valence-electron chi connectivity index (χ3n) is 3.46. The number of anilines is 1. The van der Waals surface area contributed by atoms with Crippen LogP contribution in [0.3, 0.4) is 0 Å². The van der Waals surface area contributed by atoms with Crippen molar-refractivity contribution in [2.24, 2.45) is 11.1 Å². The van der Waals surface area contributed by atoms with Crippen LogP contribution < -0.4 is 11.1 Å². The molecule has 16 heavy (non-hydrogen) atoms. The molecule has 0 amide bonds. The van der Waals surface area contributed by atoms with E-state index in [4.69, 9.17) is 17.3 Å². The summed E-state index contributed by atoms with van der Waals surface area (Å²) in [5.41, 5.74) is 9.56. The number of nitrogens with one attached hydrogen (secondary N) is 1. The third-order valence-corrected chi connectivity index (χ3v) is 3.76. The molecule has 0 saturated heterocycles. The Hall–Kier alpha value is -0.730. The second-order valence-corrected chi connectivity index (χ2v) is 5.40. The van der Waals surface area contributed by atoms with Gasteiger partial charge in [-0.05, 0) is 55.8 Å². The van der Waals surface area contributed by atoms with Gasteiger partial charge in [0.05, 0.1) is 10.7 Å². The Morgan fingerprint density at radius 1 is 1.38 bits per heavy atom. The molecular formula is C13H19ClN2. The molecule has 0 atom stereocenters. The van der Waals surface area contributed by atoms with Gasteiger partial charge < -0.3 is 11.1 Å². The summed E-state index contributed by atoms with van der Waals surface area (Å²) < 4.78 is 0. The quantitative estimate of drug-likeness (QED) is 0.846. The van der Waals surface area contributed by atoms with Crippen LogP contribution in [0.15, 0.2) is 12.1 Å². The molecule has 0 unspecified atom stereocenters. The summed E-state index contributed by atoms with van der Waals surface area (Å²) in [5, 5.41) is 4.26. The van der Waals surface area contributed by atoms with Gasteiger partial charge in [-0.15, -0.1) is 0 Å². The highest BCUT2D eigenvalue weighted by atomic mass is 35.5. The van der Waals surface area contributed by atoms with Crippen LogP contribution >= 0.6 is 11.6 Å². The predicted octanol–water partition coefficient (Wildman–Crippen LogP) is 3.11. The molecular weight excluding hydrogens is 220 g/mol. The molecule has 1 saturated carbocycles. The molecule has 1 fully saturated rings. The molecule has 0 spiro atoms. The lowest BCUT2D eigenvalue weighted by atomic mass is 10.1. The van der Waals surface area contributed by atoms with Crippen molar-refractivity contribution in [3.8, 4) is 0 Å². The highest BCUT2D eigenvalue weighted by Crippen LogP contribution is 2.44. The number of rotatable bonds is 4. The summed E-state index contributed by atoms with van der Waals surface area (Å²) >= 11 is 6.23. The van der Waals surface area contributed by atoms with Gasteiger partial charge in [-0.3, -0.25) is 0 Å². The van der Waals surface area contributed by atoms with E-state index in [1.807, 2.05) is 6.07 Å². The highest BCUT2D eigenvalue weighted by Gasteiger charge is 2.40. The first-order valence-corrected chi connectivity index (χ1v) is 6.15. The van der Waals surface area contributed by atoms with E-state index in [1.54, 1.807) is 0 Å². The average Bonchev–Trinajstić information content (AvgIpc) is 2.97. The molecule has 1 aromatic rings. The van der Waals surface area contributed by atoms with Gasteiger partial charge in [0.25, 0.3) is 0 Å². The Balaban J connectivity index is 2.09. The molecule has 1 aliphatic carbocycles. The van der Waals surface area contributed by atoms with E-state index in [0.717, 1.165) is 23.8 Å². The third kappa shape index (κ3) is 2.33. The fourth-order valence-electron chi connectivity index (χ4n) is 2.05. The maximum absolute atomic E-state index is 6.23. The number of hydrogen-bond acceptors (Lipinski definition) is 2. The first kappa shape index (κ1) is 11.7. The van der Waals surface area contributed by atoms with Crippen LogP contribution in [-0.4, -0.2) is 13.1 Å². The van der Waals surface area contributed by atoms with E-state index in [0.29, 0.717) is 5.41 Å². The monoisotopic (exact) mass is 238 g/mol. The Morgan fingerprint density at radius 2 is 2.06 bits per heavy atom. The van der Waals surface area contributed by atoms with Gasteiger partial charge in [-0.2, -0.15) is 0 Å². The van der Waals surface area contributed by atoms with Gasteiger partial charge >= 0.3 is 0 Å². The minimum absolute atomic E-state index is 0.334. The van der Waals surface area contributed by atoms with Crippen molar-refractivity contribution >= 4 is 17.3 Å². The maximum Gasteiger partial charge on any atom is 0.0642 e. The van der Waals surface area contributed by atoms with Crippen LogP contribution in [0, 0.1) is 19.3 Å². The molecule has 3 N–H and O–H groups in total. The van der Waals surface area contributed by atoms with Crippen molar-refractivity contribution in [3.05, 3.63) is 28.3 Å². The van der Waals surface area contributed by atoms with Crippen molar-refractivity contribution in [2.75, 3.05) is 18.4 Å². The SMILES string of the molecule is Cc1cc(C)c(NCC2(CN)CC2)c(Cl)c1. The second-order valence-electron chi connectivity index (χ2n) is 5.00. The molecule has 2 nitrogen and oxygen atoms in total. The smallest absolute Gasteiger partial charge is 0.0642 e. The average molecular weight is 239 g/mol. The van der Waals surface area contributed by atoms with Crippen molar-refractivity contribution in [3.63, 3.8) is 0 Å². The zero-order chi connectivity index (χ0) is 11.8. The topological polar surface area (TPSA) is 38.0 Å². The van der Waals surface area contributed by atoms with Crippen LogP contribution in [0.5, 0.6) is 0 Å². The number of benzene rings is 1. The van der Waals surface area contributed by atoms with Crippen molar-refractivity contribution in [1.82, 2.24) is 0 Å². The number of nitrogens with two attached hydrogens (primary N) is 1. The maximum atomic E-state index is 6.23. The van der Waals surface area contributed by atoms with Gasteiger partial charge in [-0.25, -0.2) is 0 Å². The van der Waals surface area contributed by atoms with E-state index in [1.165, 1.54) is 24.0 Å². The van der Waals surface area contributed by atoms with E-state index < -0.39 is 0 Å². The first-order valence-electron chi connectivity index (χ1n) is 5.77. The fraction of sp³-hybridized carbons (Fsp3) is 0.538. The molecule has 88 valence electrons. The summed E-state index contributed by atoms with van der Waals surface area (Å²) in [4.78, 5) is 0. The standard InChI is InChI=1S/C13H19ClN2/c1-9-5-10(2)12(11(14)6-9)16-8-13(7-15)3-4-13/h5-6,16H,3-4,7-8,15H2,1-2H3. The van der Waals surface area contributed by atoms with E-state index in [2.05, 4.69) is 25.2 Å². The van der Waals surface area contributed by atoms with Crippen LogP contribution in [0.25, 0.3) is 0 Å². The zero-order valence-electron chi connectivity index (χ0n) is 9.94. The largest absolute Gasteiger partial charge is 0.383 e. The summed E-state index contributed by atoms with van der Waals surface area (Å²) in [6.07, 6.45) is 2.47. The Labute approximate surface area is 102 Å². The highest BCUT2D eigenvalue weighted by molar-refractivity contribution is 6.33. The van der Waals surface area contributed by atoms with Crippen LogP contribution in [0.1, 0.15) is 24.0 Å². The molecule has 2 rings (SSSR count). The second kappa shape index (κ2) is 4.27. The van der Waals surface area contributed by atoms with Gasteiger partial charge in [0.1, 0.15) is 0 Å². The molecule has 1 aliphatic rings. The van der Waals surface area contributed by atoms with Gasteiger partial charge in [0, 0.05) is 6.54 Å². The predicted molar refractivity (Wildman–Crippen MR) is 70.1 cm³/mol. The Morgan fingerprint density at radius 3 is 2.56 bits per heavy atom. The molecule has 3 heteroatoms. The number of halogens is 1. The summed E-state index contributed by atoms with van der Waals surface area (Å²) in [7, 11) is 0. The molecule has 0 bridgehead atoms. The number of hydrogen-bond donors (Lipinski definition) is 2. The lowest BCUT2D eigenvalue weighted by Gasteiger charge is -2.17. The Kier molecular flexibility index (Phi) is 3.13. The molecule has 0 heterocycles. The Bertz CT molecular complexity index is 374. The van der Waals surface area contributed by atoms with Crippen molar-refractivity contribution in [2.45, 2.75) is 26.7 Å². The molecule has 0 aliphatic heterocycles. The van der Waals surface area contributed by atoms with Crippen molar-refractivity contribution in [1.29, 1.82) is 0 Å². The minimum atomic E-state index is 0.334. The van der Waals surface area contributed by atoms with E-state index >= 15 is 0 Å². The normalized spacial score (nSPS) is 17.2. The summed E-state index contributed by atoms with van der Waals surface area (Å²) in [5.74, 6) is 0. The minimum Gasteiger partial charge on any atom is -0.383 e. The fourth-order valence-corrected chi connectivity index (χ4v) is 2.43. The van der Waals surface area contributed by atoms with Crippen LogP contribution in [0.2, 0.25) is 5.02 Å². The van der Waals surface area contributed by atoms with Gasteiger partial charge in [0.2, 0.25) is 0 Å². The summed E-state index contributed by atoms with van der Waals surface area (Å²) in [6, 6.07) is 4.15.